The Hall–Kier alpha value is -0.450. The standard InChI is InChI=1S/C10H18N2OS/c1-8(13)4-3-5-11-9(2)10-6-14-7-12-10/h6-9,11,13H,3-5H2,1-2H3. The van der Waals surface area contributed by atoms with E-state index in [0.29, 0.717) is 6.04 Å². The second kappa shape index (κ2) is 6.11. The summed E-state index contributed by atoms with van der Waals surface area (Å²) in [7, 11) is 0. The van der Waals surface area contributed by atoms with E-state index in [9.17, 15) is 0 Å². The Morgan fingerprint density at radius 3 is 2.93 bits per heavy atom. The fourth-order valence-corrected chi connectivity index (χ4v) is 1.90. The summed E-state index contributed by atoms with van der Waals surface area (Å²) in [5.41, 5.74) is 2.95. The Morgan fingerprint density at radius 1 is 1.57 bits per heavy atom. The van der Waals surface area contributed by atoms with Gasteiger partial charge >= 0.3 is 0 Å². The number of nitrogens with one attached hydrogen (secondary N) is 1. The summed E-state index contributed by atoms with van der Waals surface area (Å²) in [5.74, 6) is 0. The van der Waals surface area contributed by atoms with Crippen LogP contribution in [-0.2, 0) is 0 Å². The lowest BCUT2D eigenvalue weighted by Crippen LogP contribution is -2.20. The zero-order valence-electron chi connectivity index (χ0n) is 8.73. The normalized spacial score (nSPS) is 15.4. The Kier molecular flexibility index (Phi) is 5.07. The van der Waals surface area contributed by atoms with E-state index in [4.69, 9.17) is 5.11 Å². The summed E-state index contributed by atoms with van der Waals surface area (Å²) < 4.78 is 0. The average Bonchev–Trinajstić information content (AvgIpc) is 2.64. The van der Waals surface area contributed by atoms with Crippen molar-refractivity contribution in [2.45, 2.75) is 38.8 Å². The van der Waals surface area contributed by atoms with Crippen LogP contribution in [0.1, 0.15) is 38.4 Å². The maximum atomic E-state index is 9.06. The first-order valence-corrected chi connectivity index (χ1v) is 5.94. The number of aliphatic hydroxyl groups excluding tert-OH is 1. The van der Waals surface area contributed by atoms with Crippen molar-refractivity contribution >= 4 is 11.3 Å². The molecule has 0 aliphatic heterocycles. The van der Waals surface area contributed by atoms with Crippen LogP contribution >= 0.6 is 11.3 Å². The van der Waals surface area contributed by atoms with Crippen LogP contribution in [0.3, 0.4) is 0 Å². The maximum Gasteiger partial charge on any atom is 0.0795 e. The number of aliphatic hydroxyl groups is 1. The lowest BCUT2D eigenvalue weighted by molar-refractivity contribution is 0.181. The van der Waals surface area contributed by atoms with Gasteiger partial charge in [-0.15, -0.1) is 11.3 Å². The first-order chi connectivity index (χ1) is 6.70. The molecule has 0 fully saturated rings. The van der Waals surface area contributed by atoms with Crippen LogP contribution in [0.5, 0.6) is 0 Å². The van der Waals surface area contributed by atoms with E-state index in [-0.39, 0.29) is 6.10 Å². The minimum Gasteiger partial charge on any atom is -0.393 e. The molecule has 0 amide bonds. The van der Waals surface area contributed by atoms with E-state index >= 15 is 0 Å². The van der Waals surface area contributed by atoms with Gasteiger partial charge in [-0.3, -0.25) is 0 Å². The summed E-state index contributed by atoms with van der Waals surface area (Å²) in [5, 5.41) is 14.5. The molecule has 80 valence electrons. The Labute approximate surface area is 89.2 Å². The molecule has 0 spiro atoms. The lowest BCUT2D eigenvalue weighted by Gasteiger charge is -2.11. The zero-order valence-corrected chi connectivity index (χ0v) is 9.55. The Bertz CT molecular complexity index is 236. The molecule has 1 heterocycles. The van der Waals surface area contributed by atoms with Gasteiger partial charge in [-0.1, -0.05) is 0 Å². The van der Waals surface area contributed by atoms with Gasteiger partial charge in [0.2, 0.25) is 0 Å². The number of thiazole rings is 1. The molecule has 3 nitrogen and oxygen atoms in total. The van der Waals surface area contributed by atoms with Gasteiger partial charge in [-0.25, -0.2) is 4.98 Å². The van der Waals surface area contributed by atoms with Crippen LogP contribution in [0.4, 0.5) is 0 Å². The third kappa shape index (κ3) is 4.17. The fraction of sp³-hybridized carbons (Fsp3) is 0.700. The van der Waals surface area contributed by atoms with Gasteiger partial charge in [0.1, 0.15) is 0 Å². The first kappa shape index (κ1) is 11.6. The molecule has 0 aromatic carbocycles. The van der Waals surface area contributed by atoms with Crippen molar-refractivity contribution in [3.63, 3.8) is 0 Å². The summed E-state index contributed by atoms with van der Waals surface area (Å²) >= 11 is 1.62. The molecule has 0 saturated carbocycles. The predicted octanol–water partition coefficient (Wildman–Crippen LogP) is 1.95. The van der Waals surface area contributed by atoms with Gasteiger partial charge in [0.15, 0.2) is 0 Å². The van der Waals surface area contributed by atoms with Gasteiger partial charge in [-0.05, 0) is 33.2 Å². The monoisotopic (exact) mass is 214 g/mol. The highest BCUT2D eigenvalue weighted by atomic mass is 32.1. The molecule has 0 saturated heterocycles. The quantitative estimate of drug-likeness (QED) is 0.711. The number of aromatic nitrogens is 1. The van der Waals surface area contributed by atoms with E-state index in [1.807, 2.05) is 12.4 Å². The molecule has 1 aromatic heterocycles. The third-order valence-corrected chi connectivity index (χ3v) is 2.75. The van der Waals surface area contributed by atoms with E-state index in [1.165, 1.54) is 0 Å². The minimum atomic E-state index is -0.189. The SMILES string of the molecule is CC(O)CCCNC(C)c1cscn1. The molecular weight excluding hydrogens is 196 g/mol. The van der Waals surface area contributed by atoms with Gasteiger partial charge in [0.25, 0.3) is 0 Å². The number of hydrogen-bond donors (Lipinski definition) is 2. The highest BCUT2D eigenvalue weighted by Gasteiger charge is 2.05. The van der Waals surface area contributed by atoms with Gasteiger partial charge in [0, 0.05) is 11.4 Å². The van der Waals surface area contributed by atoms with Crippen LogP contribution in [-0.4, -0.2) is 22.7 Å². The van der Waals surface area contributed by atoms with Crippen LogP contribution in [0.15, 0.2) is 10.9 Å². The van der Waals surface area contributed by atoms with Crippen molar-refractivity contribution in [2.75, 3.05) is 6.54 Å². The molecule has 1 aromatic rings. The molecule has 1 rings (SSSR count). The van der Waals surface area contributed by atoms with Crippen LogP contribution < -0.4 is 5.32 Å². The van der Waals surface area contributed by atoms with E-state index in [0.717, 1.165) is 25.1 Å². The smallest absolute Gasteiger partial charge is 0.0795 e. The highest BCUT2D eigenvalue weighted by Crippen LogP contribution is 2.11. The van der Waals surface area contributed by atoms with Crippen molar-refractivity contribution in [3.05, 3.63) is 16.6 Å². The zero-order chi connectivity index (χ0) is 10.4. The topological polar surface area (TPSA) is 45.1 Å². The Morgan fingerprint density at radius 2 is 2.36 bits per heavy atom. The van der Waals surface area contributed by atoms with Crippen LogP contribution in [0, 0.1) is 0 Å². The minimum absolute atomic E-state index is 0.189. The first-order valence-electron chi connectivity index (χ1n) is 4.99. The Balaban J connectivity index is 2.13. The molecule has 4 heteroatoms. The van der Waals surface area contributed by atoms with Crippen LogP contribution in [0.2, 0.25) is 0 Å². The summed E-state index contributed by atoms with van der Waals surface area (Å²) in [6.07, 6.45) is 1.68. The molecule has 0 aliphatic rings. The molecule has 2 N–H and O–H groups in total. The molecule has 2 atom stereocenters. The molecular formula is C10H18N2OS. The number of hydrogen-bond acceptors (Lipinski definition) is 4. The van der Waals surface area contributed by atoms with Crippen molar-refractivity contribution < 1.29 is 5.11 Å². The molecule has 0 bridgehead atoms. The summed E-state index contributed by atoms with van der Waals surface area (Å²) in [6.45, 7) is 4.87. The predicted molar refractivity (Wildman–Crippen MR) is 59.4 cm³/mol. The average molecular weight is 214 g/mol. The van der Waals surface area contributed by atoms with Crippen molar-refractivity contribution in [2.24, 2.45) is 0 Å². The molecule has 14 heavy (non-hydrogen) atoms. The largest absolute Gasteiger partial charge is 0.393 e. The fourth-order valence-electron chi connectivity index (χ4n) is 1.26. The highest BCUT2D eigenvalue weighted by molar-refractivity contribution is 7.07. The van der Waals surface area contributed by atoms with E-state index < -0.39 is 0 Å². The number of nitrogens with zero attached hydrogens (tertiary/aromatic N) is 1. The van der Waals surface area contributed by atoms with Gasteiger partial charge < -0.3 is 10.4 Å². The van der Waals surface area contributed by atoms with Crippen molar-refractivity contribution in [1.82, 2.24) is 10.3 Å². The van der Waals surface area contributed by atoms with Gasteiger partial charge in [-0.2, -0.15) is 0 Å². The second-order valence-corrected chi connectivity index (χ2v) is 4.30. The van der Waals surface area contributed by atoms with Crippen molar-refractivity contribution in [1.29, 1.82) is 0 Å². The molecule has 0 aliphatic carbocycles. The molecule has 2 unspecified atom stereocenters. The third-order valence-electron chi connectivity index (χ3n) is 2.14. The number of rotatable bonds is 6. The van der Waals surface area contributed by atoms with E-state index in [2.05, 4.69) is 22.6 Å². The second-order valence-electron chi connectivity index (χ2n) is 3.58. The van der Waals surface area contributed by atoms with Crippen LogP contribution in [0.25, 0.3) is 0 Å². The van der Waals surface area contributed by atoms with Gasteiger partial charge in [0.05, 0.1) is 17.3 Å². The van der Waals surface area contributed by atoms with E-state index in [1.54, 1.807) is 11.3 Å². The molecule has 0 radical (unpaired) electrons. The summed E-state index contributed by atoms with van der Waals surface area (Å²) in [6, 6.07) is 0.315. The van der Waals surface area contributed by atoms with Crippen molar-refractivity contribution in [3.8, 4) is 0 Å². The lowest BCUT2D eigenvalue weighted by atomic mass is 10.2. The summed E-state index contributed by atoms with van der Waals surface area (Å²) in [4.78, 5) is 4.24. The maximum absolute atomic E-state index is 9.06.